The maximum absolute atomic E-state index is 12.1. The van der Waals surface area contributed by atoms with Gasteiger partial charge in [-0.05, 0) is 41.5 Å². The van der Waals surface area contributed by atoms with E-state index in [9.17, 15) is 4.79 Å². The van der Waals surface area contributed by atoms with Crippen molar-refractivity contribution >= 4 is 29.3 Å². The number of amides is 1. The Morgan fingerprint density at radius 1 is 1.28 bits per heavy atom. The summed E-state index contributed by atoms with van der Waals surface area (Å²) in [5.41, 5.74) is 10.6. The van der Waals surface area contributed by atoms with Gasteiger partial charge in [0.2, 0.25) is 5.91 Å². The standard InChI is InChI=1S/C23H20ClN3O2/c24-20-12-16(19-5-1-2-6-21(19)25)10-17-11-18(29-23(17)20)14-27-22(28)8-7-15-4-3-9-26-13-15/h1-10,12-13,18H,11,14,25H2,(H,27,28)/b8-7+. The maximum Gasteiger partial charge on any atom is 0.244 e. The van der Waals surface area contributed by atoms with Crippen molar-refractivity contribution in [3.63, 3.8) is 0 Å². The second-order valence-corrected chi connectivity index (χ2v) is 7.25. The van der Waals surface area contributed by atoms with E-state index in [0.29, 0.717) is 29.4 Å². The molecule has 3 N–H and O–H groups in total. The average molecular weight is 406 g/mol. The smallest absolute Gasteiger partial charge is 0.244 e. The molecule has 0 fully saturated rings. The van der Waals surface area contributed by atoms with Crippen LogP contribution in [0.25, 0.3) is 17.2 Å². The van der Waals surface area contributed by atoms with Gasteiger partial charge in [0.15, 0.2) is 0 Å². The van der Waals surface area contributed by atoms with E-state index in [-0.39, 0.29) is 12.0 Å². The Hall–Kier alpha value is -3.31. The van der Waals surface area contributed by atoms with Crippen LogP contribution in [0.1, 0.15) is 11.1 Å². The summed E-state index contributed by atoms with van der Waals surface area (Å²) in [5.74, 6) is 0.493. The van der Waals surface area contributed by atoms with Crippen molar-refractivity contribution in [3.8, 4) is 16.9 Å². The molecule has 3 aromatic rings. The fourth-order valence-electron chi connectivity index (χ4n) is 3.34. The molecule has 1 aliphatic heterocycles. The SMILES string of the molecule is Nc1ccccc1-c1cc(Cl)c2c(c1)CC(CNC(=O)/C=C/c1cccnc1)O2. The molecule has 1 aliphatic rings. The van der Waals surface area contributed by atoms with E-state index in [4.69, 9.17) is 22.1 Å². The maximum atomic E-state index is 12.1. The number of fused-ring (bicyclic) bond motifs is 1. The summed E-state index contributed by atoms with van der Waals surface area (Å²) in [5, 5.41) is 3.42. The Morgan fingerprint density at radius 3 is 2.93 bits per heavy atom. The highest BCUT2D eigenvalue weighted by atomic mass is 35.5. The van der Waals surface area contributed by atoms with Crippen LogP contribution in [-0.2, 0) is 11.2 Å². The zero-order valence-corrected chi connectivity index (χ0v) is 16.4. The molecular weight excluding hydrogens is 386 g/mol. The van der Waals surface area contributed by atoms with Crippen LogP contribution in [0.2, 0.25) is 5.02 Å². The first-order valence-electron chi connectivity index (χ1n) is 9.30. The molecular formula is C23H20ClN3O2. The van der Waals surface area contributed by atoms with Crippen LogP contribution >= 0.6 is 11.6 Å². The first-order chi connectivity index (χ1) is 14.1. The van der Waals surface area contributed by atoms with E-state index in [1.54, 1.807) is 18.5 Å². The fraction of sp³-hybridized carbons (Fsp3) is 0.130. The Morgan fingerprint density at radius 2 is 2.14 bits per heavy atom. The third kappa shape index (κ3) is 4.41. The van der Waals surface area contributed by atoms with Crippen molar-refractivity contribution in [2.24, 2.45) is 0 Å². The van der Waals surface area contributed by atoms with Gasteiger partial charge in [-0.3, -0.25) is 9.78 Å². The number of hydrogen-bond acceptors (Lipinski definition) is 4. The molecule has 5 nitrogen and oxygen atoms in total. The van der Waals surface area contributed by atoms with E-state index in [2.05, 4.69) is 16.4 Å². The molecule has 2 heterocycles. The molecule has 0 radical (unpaired) electrons. The molecule has 0 saturated carbocycles. The van der Waals surface area contributed by atoms with Gasteiger partial charge >= 0.3 is 0 Å². The number of pyridine rings is 1. The number of carbonyl (C=O) groups excluding carboxylic acids is 1. The monoisotopic (exact) mass is 405 g/mol. The summed E-state index contributed by atoms with van der Waals surface area (Å²) in [6.07, 6.45) is 7.10. The van der Waals surface area contributed by atoms with Gasteiger partial charge in [-0.1, -0.05) is 35.9 Å². The molecule has 0 aliphatic carbocycles. The summed E-state index contributed by atoms with van der Waals surface area (Å²) in [7, 11) is 0. The first kappa shape index (κ1) is 19.0. The number of anilines is 1. The van der Waals surface area contributed by atoms with Crippen LogP contribution < -0.4 is 15.8 Å². The lowest BCUT2D eigenvalue weighted by molar-refractivity contribution is -0.116. The predicted molar refractivity (Wildman–Crippen MR) is 116 cm³/mol. The summed E-state index contributed by atoms with van der Waals surface area (Å²) in [4.78, 5) is 16.1. The van der Waals surface area contributed by atoms with Crippen molar-refractivity contribution in [3.05, 3.63) is 83.2 Å². The van der Waals surface area contributed by atoms with Crippen molar-refractivity contribution in [2.75, 3.05) is 12.3 Å². The Kier molecular flexibility index (Phi) is 5.49. The average Bonchev–Trinajstić information content (AvgIpc) is 3.15. The van der Waals surface area contributed by atoms with E-state index in [1.165, 1.54) is 6.08 Å². The van der Waals surface area contributed by atoms with Gasteiger partial charge in [0.05, 0.1) is 11.6 Å². The van der Waals surface area contributed by atoms with E-state index < -0.39 is 0 Å². The van der Waals surface area contributed by atoms with Crippen molar-refractivity contribution in [1.29, 1.82) is 0 Å². The summed E-state index contributed by atoms with van der Waals surface area (Å²) in [6.45, 7) is 0.393. The zero-order valence-electron chi connectivity index (χ0n) is 15.6. The number of nitrogens with two attached hydrogens (primary N) is 1. The minimum Gasteiger partial charge on any atom is -0.486 e. The fourth-order valence-corrected chi connectivity index (χ4v) is 3.62. The van der Waals surface area contributed by atoms with E-state index in [1.807, 2.05) is 42.5 Å². The zero-order chi connectivity index (χ0) is 20.2. The quantitative estimate of drug-likeness (QED) is 0.494. The topological polar surface area (TPSA) is 77.2 Å². The van der Waals surface area contributed by atoms with Crippen LogP contribution in [0.15, 0.2) is 67.0 Å². The number of halogens is 1. The molecule has 1 aromatic heterocycles. The number of nitrogens with one attached hydrogen (secondary N) is 1. The minimum atomic E-state index is -0.183. The van der Waals surface area contributed by atoms with Crippen molar-refractivity contribution < 1.29 is 9.53 Å². The molecule has 146 valence electrons. The molecule has 0 bridgehead atoms. The highest BCUT2D eigenvalue weighted by molar-refractivity contribution is 6.32. The second kappa shape index (κ2) is 8.37. The van der Waals surface area contributed by atoms with E-state index in [0.717, 1.165) is 22.3 Å². The van der Waals surface area contributed by atoms with Crippen LogP contribution in [0, 0.1) is 0 Å². The van der Waals surface area contributed by atoms with Gasteiger partial charge in [-0.15, -0.1) is 0 Å². The minimum absolute atomic E-state index is 0.165. The molecule has 1 unspecified atom stereocenters. The highest BCUT2D eigenvalue weighted by Crippen LogP contribution is 2.40. The number of carbonyl (C=O) groups is 1. The molecule has 6 heteroatoms. The van der Waals surface area contributed by atoms with Gasteiger partial charge in [0.25, 0.3) is 0 Å². The largest absolute Gasteiger partial charge is 0.486 e. The third-order valence-corrected chi connectivity index (χ3v) is 5.02. The van der Waals surface area contributed by atoms with Crippen LogP contribution in [0.5, 0.6) is 5.75 Å². The molecule has 1 amide bonds. The summed E-state index contributed by atoms with van der Waals surface area (Å²) < 4.78 is 5.96. The van der Waals surface area contributed by atoms with E-state index >= 15 is 0 Å². The van der Waals surface area contributed by atoms with Crippen LogP contribution in [-0.4, -0.2) is 23.5 Å². The Labute approximate surface area is 174 Å². The molecule has 4 rings (SSSR count). The molecule has 1 atom stereocenters. The third-order valence-electron chi connectivity index (χ3n) is 4.74. The number of rotatable bonds is 5. The lowest BCUT2D eigenvalue weighted by atomic mass is 9.99. The van der Waals surface area contributed by atoms with Gasteiger partial charge < -0.3 is 15.8 Å². The van der Waals surface area contributed by atoms with Crippen molar-refractivity contribution in [1.82, 2.24) is 10.3 Å². The summed E-state index contributed by atoms with van der Waals surface area (Å²) >= 11 is 6.45. The number of para-hydroxylation sites is 1. The lowest BCUT2D eigenvalue weighted by Gasteiger charge is -2.11. The Balaban J connectivity index is 1.40. The molecule has 0 spiro atoms. The molecule has 29 heavy (non-hydrogen) atoms. The number of ether oxygens (including phenoxy) is 1. The first-order valence-corrected chi connectivity index (χ1v) is 9.68. The van der Waals surface area contributed by atoms with Crippen LogP contribution in [0.4, 0.5) is 5.69 Å². The molecule has 2 aromatic carbocycles. The number of nitrogen functional groups attached to an aromatic ring is 1. The highest BCUT2D eigenvalue weighted by Gasteiger charge is 2.26. The molecule has 0 saturated heterocycles. The number of benzene rings is 2. The van der Waals surface area contributed by atoms with Gasteiger partial charge in [-0.2, -0.15) is 0 Å². The van der Waals surface area contributed by atoms with Gasteiger partial charge in [0.1, 0.15) is 11.9 Å². The predicted octanol–water partition coefficient (Wildman–Crippen LogP) is 4.12. The number of aromatic nitrogens is 1. The van der Waals surface area contributed by atoms with Gasteiger partial charge in [-0.25, -0.2) is 0 Å². The normalized spacial score (nSPS) is 15.1. The van der Waals surface area contributed by atoms with Crippen LogP contribution in [0.3, 0.4) is 0 Å². The second-order valence-electron chi connectivity index (χ2n) is 6.84. The van der Waals surface area contributed by atoms with Gasteiger partial charge in [0, 0.05) is 41.7 Å². The summed E-state index contributed by atoms with van der Waals surface area (Å²) in [6, 6.07) is 15.3. The number of hydrogen-bond donors (Lipinski definition) is 2. The number of nitrogens with zero attached hydrogens (tertiary/aromatic N) is 1. The lowest BCUT2D eigenvalue weighted by Crippen LogP contribution is -2.33. The Bertz CT molecular complexity index is 1070. The van der Waals surface area contributed by atoms with Crippen molar-refractivity contribution in [2.45, 2.75) is 12.5 Å².